The lowest BCUT2D eigenvalue weighted by Crippen LogP contribution is -2.49. The summed E-state index contributed by atoms with van der Waals surface area (Å²) in [6.07, 6.45) is -0.397. The van der Waals surface area contributed by atoms with Gasteiger partial charge in [-0.15, -0.1) is 0 Å². The van der Waals surface area contributed by atoms with Gasteiger partial charge in [-0.25, -0.2) is 8.78 Å². The highest BCUT2D eigenvalue weighted by atomic mass is 19.1. The minimum Gasteiger partial charge on any atom is -0.486 e. The Bertz CT molecular complexity index is 1720. The molecule has 0 radical (unpaired) electrons. The number of carbonyl (C=O) groups is 2. The fourth-order valence-electron chi connectivity index (χ4n) is 5.70. The fourth-order valence-corrected chi connectivity index (χ4v) is 5.70. The summed E-state index contributed by atoms with van der Waals surface area (Å²) in [6.45, 7) is 6.73. The summed E-state index contributed by atoms with van der Waals surface area (Å²) in [5, 5.41) is 12.9. The quantitative estimate of drug-likeness (QED) is 0.183. The largest absolute Gasteiger partial charge is 0.486 e. The van der Waals surface area contributed by atoms with Crippen LogP contribution < -0.4 is 14.8 Å². The topological polar surface area (TPSA) is 91.3 Å². The zero-order chi connectivity index (χ0) is 34.4. The van der Waals surface area contributed by atoms with Crippen molar-refractivity contribution in [1.82, 2.24) is 9.80 Å². The Morgan fingerprint density at radius 1 is 1.02 bits per heavy atom. The van der Waals surface area contributed by atoms with Crippen LogP contribution in [0.15, 0.2) is 91.0 Å². The highest BCUT2D eigenvalue weighted by Gasteiger charge is 2.35. The van der Waals surface area contributed by atoms with Crippen LogP contribution in [0.3, 0.4) is 0 Å². The average Bonchev–Trinajstić information content (AvgIpc) is 3.08. The third-order valence-corrected chi connectivity index (χ3v) is 8.64. The molecule has 2 amide bonds. The minimum atomic E-state index is -0.596. The number of para-hydroxylation sites is 2. The molecular formula is C38H41F2N3O5. The predicted octanol–water partition coefficient (Wildman–Crippen LogP) is 6.85. The van der Waals surface area contributed by atoms with Gasteiger partial charge in [-0.2, -0.15) is 0 Å². The molecule has 48 heavy (non-hydrogen) atoms. The molecule has 4 aromatic rings. The fraction of sp³-hybridized carbons (Fsp3) is 0.316. The van der Waals surface area contributed by atoms with Crippen molar-refractivity contribution >= 4 is 17.5 Å². The number of aliphatic hydroxyl groups excluding tert-OH is 1. The van der Waals surface area contributed by atoms with Crippen molar-refractivity contribution in [1.29, 1.82) is 0 Å². The molecule has 0 aliphatic carbocycles. The summed E-state index contributed by atoms with van der Waals surface area (Å²) in [7, 11) is 1.97. The number of ether oxygens (including phenoxy) is 2. The molecule has 10 heteroatoms. The van der Waals surface area contributed by atoms with Crippen LogP contribution in [0.1, 0.15) is 48.2 Å². The summed E-state index contributed by atoms with van der Waals surface area (Å²) < 4.78 is 39.9. The number of nitrogens with zero attached hydrogens (tertiary/aromatic N) is 2. The molecule has 0 bridgehead atoms. The molecule has 1 heterocycles. The van der Waals surface area contributed by atoms with E-state index in [1.165, 1.54) is 18.2 Å². The normalized spacial score (nSPS) is 17.5. The van der Waals surface area contributed by atoms with Gasteiger partial charge in [0, 0.05) is 25.6 Å². The van der Waals surface area contributed by atoms with Gasteiger partial charge >= 0.3 is 0 Å². The molecule has 2 N–H and O–H groups in total. The highest BCUT2D eigenvalue weighted by molar-refractivity contribution is 6.02. The maximum absolute atomic E-state index is 14.0. The van der Waals surface area contributed by atoms with E-state index in [1.54, 1.807) is 79.4 Å². The van der Waals surface area contributed by atoms with Crippen molar-refractivity contribution in [3.8, 4) is 17.2 Å². The van der Waals surface area contributed by atoms with Crippen LogP contribution in [-0.4, -0.2) is 65.6 Å². The van der Waals surface area contributed by atoms with E-state index >= 15 is 0 Å². The molecule has 252 valence electrons. The average molecular weight is 658 g/mol. The molecule has 4 atom stereocenters. The highest BCUT2D eigenvalue weighted by Crippen LogP contribution is 2.36. The monoisotopic (exact) mass is 657 g/mol. The van der Waals surface area contributed by atoms with Gasteiger partial charge in [0.1, 0.15) is 17.7 Å². The number of hydrogen-bond donors (Lipinski definition) is 2. The number of halogens is 2. The molecule has 1 unspecified atom stereocenters. The van der Waals surface area contributed by atoms with Crippen LogP contribution in [-0.2, 0) is 11.3 Å². The molecule has 5 rings (SSSR count). The van der Waals surface area contributed by atoms with Gasteiger partial charge in [0.2, 0.25) is 5.91 Å². The van der Waals surface area contributed by atoms with E-state index in [9.17, 15) is 23.5 Å². The van der Waals surface area contributed by atoms with Gasteiger partial charge in [0.25, 0.3) is 5.91 Å². The number of rotatable bonds is 11. The second-order valence-electron chi connectivity index (χ2n) is 12.4. The Labute approximate surface area is 279 Å². The lowest BCUT2D eigenvalue weighted by Gasteiger charge is -2.38. The molecule has 0 saturated heterocycles. The number of amides is 2. The molecule has 1 aliphatic heterocycles. The standard InChI is InChI=1S/C38H41F2N3O5/c1-24-20-43(25(2)23-44)38(46)31-8-7-10-33(41-37(45)26(3)28-14-16-29(39)17-15-28)36(31)48-35(24)22-42(4)21-27-12-18-30(19-13-27)47-34-11-6-5-9-32(34)40/h5-19,24-26,35,44H,20-23H2,1-4H3,(H,41,45)/t24-,25+,26?,35-/m1/s1. The van der Waals surface area contributed by atoms with Crippen molar-refractivity contribution in [2.45, 2.75) is 45.4 Å². The summed E-state index contributed by atoms with van der Waals surface area (Å²) in [5.41, 5.74) is 2.29. The molecule has 0 fully saturated rings. The van der Waals surface area contributed by atoms with Crippen molar-refractivity contribution in [3.05, 3.63) is 119 Å². The zero-order valence-electron chi connectivity index (χ0n) is 27.5. The van der Waals surface area contributed by atoms with Gasteiger partial charge in [0.15, 0.2) is 17.3 Å². The van der Waals surface area contributed by atoms with E-state index in [0.717, 1.165) is 5.56 Å². The van der Waals surface area contributed by atoms with E-state index in [1.807, 2.05) is 26.1 Å². The Morgan fingerprint density at radius 2 is 1.73 bits per heavy atom. The van der Waals surface area contributed by atoms with Crippen LogP contribution in [0.5, 0.6) is 17.2 Å². The first-order valence-electron chi connectivity index (χ1n) is 16.0. The van der Waals surface area contributed by atoms with E-state index in [-0.39, 0.29) is 47.2 Å². The van der Waals surface area contributed by atoms with Crippen molar-refractivity contribution in [2.24, 2.45) is 5.92 Å². The first kappa shape index (κ1) is 34.5. The van der Waals surface area contributed by atoms with Crippen molar-refractivity contribution < 1.29 is 33.0 Å². The van der Waals surface area contributed by atoms with Gasteiger partial charge in [-0.3, -0.25) is 14.5 Å². The van der Waals surface area contributed by atoms with E-state index in [4.69, 9.17) is 9.47 Å². The third kappa shape index (κ3) is 8.18. The predicted molar refractivity (Wildman–Crippen MR) is 180 cm³/mol. The lowest BCUT2D eigenvalue weighted by atomic mass is 9.98. The van der Waals surface area contributed by atoms with Gasteiger partial charge in [0.05, 0.1) is 29.8 Å². The summed E-state index contributed by atoms with van der Waals surface area (Å²) in [4.78, 5) is 31.0. The first-order valence-corrected chi connectivity index (χ1v) is 16.0. The Kier molecular flexibility index (Phi) is 11.1. The van der Waals surface area contributed by atoms with Crippen LogP contribution in [0, 0.1) is 17.6 Å². The Balaban J connectivity index is 1.36. The maximum Gasteiger partial charge on any atom is 0.258 e. The number of aliphatic hydroxyl groups is 1. The SMILES string of the molecule is CC(C(=O)Nc1cccc2c1O[C@H](CN(C)Cc1ccc(Oc3ccccc3F)cc1)[C@H](C)CN([C@@H](C)CO)C2=O)c1ccc(F)cc1. The molecule has 1 aliphatic rings. The molecule has 8 nitrogen and oxygen atoms in total. The molecular weight excluding hydrogens is 616 g/mol. The van der Waals surface area contributed by atoms with Gasteiger partial charge < -0.3 is 24.8 Å². The van der Waals surface area contributed by atoms with E-state index in [0.29, 0.717) is 36.6 Å². The zero-order valence-corrected chi connectivity index (χ0v) is 27.5. The minimum absolute atomic E-state index is 0.142. The third-order valence-electron chi connectivity index (χ3n) is 8.64. The molecule has 0 spiro atoms. The molecule has 0 saturated carbocycles. The number of carbonyl (C=O) groups excluding carboxylic acids is 2. The number of fused-ring (bicyclic) bond motifs is 1. The van der Waals surface area contributed by atoms with Gasteiger partial charge in [-0.05, 0) is 80.6 Å². The first-order chi connectivity index (χ1) is 23.0. The number of nitrogens with one attached hydrogen (secondary N) is 1. The van der Waals surface area contributed by atoms with E-state index in [2.05, 4.69) is 10.2 Å². The van der Waals surface area contributed by atoms with Crippen LogP contribution >= 0.6 is 0 Å². The number of hydrogen-bond acceptors (Lipinski definition) is 6. The molecule has 4 aromatic carbocycles. The second-order valence-corrected chi connectivity index (χ2v) is 12.4. The Morgan fingerprint density at radius 3 is 2.42 bits per heavy atom. The second kappa shape index (κ2) is 15.4. The summed E-state index contributed by atoms with van der Waals surface area (Å²) >= 11 is 0. The van der Waals surface area contributed by atoms with Gasteiger partial charge in [-0.1, -0.05) is 49.4 Å². The summed E-state index contributed by atoms with van der Waals surface area (Å²) in [6, 6.07) is 24.0. The van der Waals surface area contributed by atoms with Crippen molar-refractivity contribution in [3.63, 3.8) is 0 Å². The number of anilines is 1. The number of benzene rings is 4. The smallest absolute Gasteiger partial charge is 0.258 e. The lowest BCUT2D eigenvalue weighted by molar-refractivity contribution is -0.117. The summed E-state index contributed by atoms with van der Waals surface area (Å²) in [5.74, 6) is -1.26. The van der Waals surface area contributed by atoms with Crippen LogP contribution in [0.25, 0.3) is 0 Å². The number of likely N-dealkylation sites (N-methyl/N-ethyl adjacent to an activating group) is 1. The van der Waals surface area contributed by atoms with Crippen molar-refractivity contribution in [2.75, 3.05) is 32.1 Å². The Hall–Kier alpha value is -4.80. The van der Waals surface area contributed by atoms with Crippen LogP contribution in [0.2, 0.25) is 0 Å². The van der Waals surface area contributed by atoms with E-state index < -0.39 is 23.9 Å². The van der Waals surface area contributed by atoms with Crippen LogP contribution in [0.4, 0.5) is 14.5 Å². The maximum atomic E-state index is 14.0. The molecule has 0 aromatic heterocycles.